The van der Waals surface area contributed by atoms with E-state index >= 15 is 0 Å². The predicted molar refractivity (Wildman–Crippen MR) is 122 cm³/mol. The van der Waals surface area contributed by atoms with Gasteiger partial charge in [-0.2, -0.15) is 0 Å². The third-order valence-electron chi connectivity index (χ3n) is 6.90. The van der Waals surface area contributed by atoms with Crippen molar-refractivity contribution in [3.8, 4) is 0 Å². The van der Waals surface area contributed by atoms with Gasteiger partial charge in [-0.15, -0.1) is 0 Å². The molecule has 1 aromatic rings. The number of hydrogen-bond acceptors (Lipinski definition) is 8. The molecule has 33 heavy (non-hydrogen) atoms. The van der Waals surface area contributed by atoms with Crippen molar-refractivity contribution in [1.82, 2.24) is 19.2 Å². The molecule has 0 radical (unpaired) electrons. The fraction of sp³-hybridized carbons (Fsp3) is 0.682. The maximum absolute atomic E-state index is 12.1. The molecule has 0 bridgehead atoms. The summed E-state index contributed by atoms with van der Waals surface area (Å²) in [5, 5.41) is 0. The summed E-state index contributed by atoms with van der Waals surface area (Å²) in [5.74, 6) is 1.16. The molecule has 3 fully saturated rings. The molecule has 180 valence electrons. The van der Waals surface area contributed by atoms with Crippen LogP contribution in [-0.4, -0.2) is 84.4 Å². The van der Waals surface area contributed by atoms with Crippen molar-refractivity contribution in [2.75, 3.05) is 43.9 Å². The van der Waals surface area contributed by atoms with Gasteiger partial charge in [-0.1, -0.05) is 0 Å². The van der Waals surface area contributed by atoms with E-state index < -0.39 is 10.0 Å². The van der Waals surface area contributed by atoms with E-state index in [-0.39, 0.29) is 24.3 Å². The first-order valence-electron chi connectivity index (χ1n) is 11.5. The quantitative estimate of drug-likeness (QED) is 0.611. The van der Waals surface area contributed by atoms with E-state index in [0.717, 1.165) is 50.0 Å². The second-order valence-corrected chi connectivity index (χ2v) is 11.7. The second kappa shape index (κ2) is 8.43. The molecule has 4 heterocycles. The van der Waals surface area contributed by atoms with Gasteiger partial charge in [0, 0.05) is 31.0 Å². The number of sulfonamides is 1. The van der Waals surface area contributed by atoms with Crippen molar-refractivity contribution in [1.29, 1.82) is 0 Å². The van der Waals surface area contributed by atoms with E-state index in [1.807, 2.05) is 6.92 Å². The summed E-state index contributed by atoms with van der Waals surface area (Å²) in [6.07, 6.45) is 10.0. The molecule has 0 atom stereocenters. The van der Waals surface area contributed by atoms with Gasteiger partial charge in [0.05, 0.1) is 44.3 Å². The first-order chi connectivity index (χ1) is 15.7. The summed E-state index contributed by atoms with van der Waals surface area (Å²) >= 11 is 0. The fourth-order valence-electron chi connectivity index (χ4n) is 4.25. The minimum Gasteiger partial charge on any atom is -0.443 e. The number of likely N-dealkylation sites (tertiary alicyclic amines) is 1. The molecular weight excluding hydrogens is 446 g/mol. The average molecular weight is 478 g/mol. The zero-order valence-corrected chi connectivity index (χ0v) is 20.0. The van der Waals surface area contributed by atoms with E-state index in [4.69, 9.17) is 9.47 Å². The van der Waals surface area contributed by atoms with Gasteiger partial charge in [0.25, 0.3) is 0 Å². The van der Waals surface area contributed by atoms with Crippen molar-refractivity contribution in [2.45, 2.75) is 50.9 Å². The van der Waals surface area contributed by atoms with Crippen LogP contribution in [0.1, 0.15) is 43.9 Å². The monoisotopic (exact) mass is 477 g/mol. The Hall–Kier alpha value is -2.40. The van der Waals surface area contributed by atoms with Gasteiger partial charge in [0.2, 0.25) is 16.0 Å². The molecule has 1 saturated carbocycles. The maximum atomic E-state index is 12.1. The summed E-state index contributed by atoms with van der Waals surface area (Å²) in [6.45, 7) is 5.88. The first kappa shape index (κ1) is 22.4. The summed E-state index contributed by atoms with van der Waals surface area (Å²) in [5.41, 5.74) is 1.35. The standard InChI is InChI=1S/C22H31N5O5S/c1-22(6-7-22)32-21(28)26-13-18(14-26)31-15-16-3-8-25(9-4-16)20-23-11-17-12-27(33(2,29)30)10-5-19(17)24-20/h5,10-11,16,18H,3-4,6-9,12-15H2,1-2H3. The summed E-state index contributed by atoms with van der Waals surface area (Å²) in [4.78, 5) is 25.1. The van der Waals surface area contributed by atoms with Crippen molar-refractivity contribution in [3.63, 3.8) is 0 Å². The van der Waals surface area contributed by atoms with Crippen molar-refractivity contribution >= 4 is 28.1 Å². The Morgan fingerprint density at radius 1 is 1.24 bits per heavy atom. The zero-order valence-electron chi connectivity index (χ0n) is 19.1. The molecule has 1 aromatic heterocycles. The van der Waals surface area contributed by atoms with Crippen molar-refractivity contribution < 1.29 is 22.7 Å². The number of piperidine rings is 1. The molecule has 2 saturated heterocycles. The van der Waals surface area contributed by atoms with E-state index in [0.29, 0.717) is 31.6 Å². The lowest BCUT2D eigenvalue weighted by Gasteiger charge is -2.40. The van der Waals surface area contributed by atoms with Crippen molar-refractivity contribution in [3.05, 3.63) is 23.7 Å². The van der Waals surface area contributed by atoms with Crippen LogP contribution in [0.25, 0.3) is 6.08 Å². The van der Waals surface area contributed by atoms with Crippen LogP contribution in [0.5, 0.6) is 0 Å². The van der Waals surface area contributed by atoms with Gasteiger partial charge in [0.15, 0.2) is 0 Å². The molecule has 3 aliphatic heterocycles. The number of anilines is 1. The van der Waals surface area contributed by atoms with Crippen LogP contribution in [0, 0.1) is 5.92 Å². The zero-order chi connectivity index (χ0) is 23.2. The highest BCUT2D eigenvalue weighted by atomic mass is 32.2. The first-order valence-corrected chi connectivity index (χ1v) is 13.4. The van der Waals surface area contributed by atoms with Crippen LogP contribution in [0.15, 0.2) is 12.4 Å². The number of hydrogen-bond donors (Lipinski definition) is 0. The van der Waals surface area contributed by atoms with Crippen molar-refractivity contribution in [2.24, 2.45) is 5.92 Å². The highest BCUT2D eigenvalue weighted by molar-refractivity contribution is 7.88. The van der Waals surface area contributed by atoms with Crippen LogP contribution in [-0.2, 0) is 26.0 Å². The molecule has 0 N–H and O–H groups in total. The van der Waals surface area contributed by atoms with Crippen LogP contribution < -0.4 is 4.90 Å². The minimum atomic E-state index is -3.28. The summed E-state index contributed by atoms with van der Waals surface area (Å²) in [7, 11) is -3.28. The van der Waals surface area contributed by atoms with Gasteiger partial charge in [0.1, 0.15) is 5.60 Å². The number of aromatic nitrogens is 2. The highest BCUT2D eigenvalue weighted by Crippen LogP contribution is 2.39. The third-order valence-corrected chi connectivity index (χ3v) is 8.00. The van der Waals surface area contributed by atoms with Crippen LogP contribution in [0.4, 0.5) is 10.7 Å². The predicted octanol–water partition coefficient (Wildman–Crippen LogP) is 1.83. The summed E-state index contributed by atoms with van der Waals surface area (Å²) in [6, 6.07) is 0. The Labute approximate surface area is 194 Å². The average Bonchev–Trinajstić information content (AvgIpc) is 3.48. The Balaban J connectivity index is 1.05. The van der Waals surface area contributed by atoms with Gasteiger partial charge in [-0.05, 0) is 44.6 Å². The Kier molecular flexibility index (Phi) is 5.72. The van der Waals surface area contributed by atoms with E-state index in [2.05, 4.69) is 14.9 Å². The third kappa shape index (κ3) is 5.08. The molecule has 1 aliphatic carbocycles. The highest BCUT2D eigenvalue weighted by Gasteiger charge is 2.44. The number of ether oxygens (including phenoxy) is 2. The van der Waals surface area contributed by atoms with E-state index in [1.165, 1.54) is 10.6 Å². The Morgan fingerprint density at radius 3 is 2.64 bits per heavy atom. The lowest BCUT2D eigenvalue weighted by atomic mass is 9.98. The van der Waals surface area contributed by atoms with Crippen LogP contribution in [0.3, 0.4) is 0 Å². The minimum absolute atomic E-state index is 0.102. The molecular formula is C22H31N5O5S. The molecule has 0 unspecified atom stereocenters. The van der Waals surface area contributed by atoms with Gasteiger partial charge < -0.3 is 19.3 Å². The number of fused-ring (bicyclic) bond motifs is 1. The molecule has 1 amide bonds. The smallest absolute Gasteiger partial charge is 0.410 e. The Bertz CT molecular complexity index is 1040. The maximum Gasteiger partial charge on any atom is 0.410 e. The van der Waals surface area contributed by atoms with Gasteiger partial charge in [-0.25, -0.2) is 23.2 Å². The number of rotatable bonds is 6. The normalized spacial score (nSPS) is 22.7. The summed E-state index contributed by atoms with van der Waals surface area (Å²) < 4.78 is 36.3. The lowest BCUT2D eigenvalue weighted by molar-refractivity contribution is -0.0677. The van der Waals surface area contributed by atoms with Crippen LogP contribution >= 0.6 is 0 Å². The largest absolute Gasteiger partial charge is 0.443 e. The Morgan fingerprint density at radius 2 is 1.97 bits per heavy atom. The number of nitrogens with zero attached hydrogens (tertiary/aromatic N) is 5. The molecule has 0 aromatic carbocycles. The van der Waals surface area contributed by atoms with Crippen LogP contribution in [0.2, 0.25) is 0 Å². The SMILES string of the molecule is CC1(OC(=O)N2CC(OCC3CCN(c4ncc5c(n4)C=CN(S(C)(=O)=O)C5)CC3)C2)CC1. The fourth-order valence-corrected chi connectivity index (χ4v) is 4.90. The molecule has 11 heteroatoms. The molecule has 0 spiro atoms. The molecule has 5 rings (SSSR count). The number of carbonyl (C=O) groups excluding carboxylic acids is 1. The molecule has 10 nitrogen and oxygen atoms in total. The lowest BCUT2D eigenvalue weighted by Crippen LogP contribution is -2.55. The topological polar surface area (TPSA) is 105 Å². The number of amides is 1. The molecule has 4 aliphatic rings. The van der Waals surface area contributed by atoms with E-state index in [9.17, 15) is 13.2 Å². The number of carbonyl (C=O) groups is 1. The van der Waals surface area contributed by atoms with E-state index in [1.54, 1.807) is 23.4 Å². The second-order valence-electron chi connectivity index (χ2n) is 9.81. The van der Waals surface area contributed by atoms with Gasteiger partial charge >= 0.3 is 6.09 Å². The van der Waals surface area contributed by atoms with Gasteiger partial charge in [-0.3, -0.25) is 4.31 Å².